The van der Waals surface area contributed by atoms with Crippen LogP contribution < -0.4 is 9.62 Å². The summed E-state index contributed by atoms with van der Waals surface area (Å²) in [5.74, 6) is 0.972. The molecule has 1 saturated heterocycles. The smallest absolute Gasteiger partial charge is 0.241 e. The second-order valence-electron chi connectivity index (χ2n) is 8.70. The van der Waals surface area contributed by atoms with Crippen LogP contribution in [0.5, 0.6) is 0 Å². The van der Waals surface area contributed by atoms with Crippen molar-refractivity contribution < 1.29 is 17.7 Å². The van der Waals surface area contributed by atoms with Crippen molar-refractivity contribution in [2.75, 3.05) is 36.0 Å². The van der Waals surface area contributed by atoms with Gasteiger partial charge in [-0.1, -0.05) is 35.0 Å². The number of likely N-dealkylation sites (tertiary alicyclic amines) is 1. The Bertz CT molecular complexity index is 1270. The van der Waals surface area contributed by atoms with E-state index in [-0.39, 0.29) is 11.8 Å². The van der Waals surface area contributed by atoms with E-state index in [4.69, 9.17) is 4.52 Å². The van der Waals surface area contributed by atoms with Crippen molar-refractivity contribution in [3.63, 3.8) is 0 Å². The van der Waals surface area contributed by atoms with Crippen LogP contribution in [0.25, 0.3) is 11.4 Å². The van der Waals surface area contributed by atoms with Crippen molar-refractivity contribution >= 4 is 27.3 Å². The molecular formula is C24H29N5O4S. The highest BCUT2D eigenvalue weighted by Gasteiger charge is 2.26. The Morgan fingerprint density at radius 1 is 1.18 bits per heavy atom. The second-order valence-corrected chi connectivity index (χ2v) is 10.7. The number of benzene rings is 2. The Labute approximate surface area is 199 Å². The number of carbonyl (C=O) groups is 1. The van der Waals surface area contributed by atoms with Crippen molar-refractivity contribution in [1.82, 2.24) is 15.0 Å². The third-order valence-corrected chi connectivity index (χ3v) is 7.24. The Morgan fingerprint density at radius 2 is 1.91 bits per heavy atom. The van der Waals surface area contributed by atoms with Gasteiger partial charge < -0.3 is 9.84 Å². The predicted octanol–water partition coefficient (Wildman–Crippen LogP) is 3.29. The van der Waals surface area contributed by atoms with E-state index >= 15 is 0 Å². The van der Waals surface area contributed by atoms with Crippen LogP contribution in [-0.4, -0.2) is 55.8 Å². The predicted molar refractivity (Wildman–Crippen MR) is 131 cm³/mol. The molecule has 0 unspecified atom stereocenters. The number of anilines is 2. The SMILES string of the molecule is Cc1cccc(-c2noc(CN3CCC(C(=O)Nc4cccc(N(C)S(C)(=O)=O)c4)CC3)n2)c1. The van der Waals surface area contributed by atoms with Gasteiger partial charge >= 0.3 is 0 Å². The van der Waals surface area contributed by atoms with Gasteiger partial charge in [0.2, 0.25) is 27.6 Å². The number of aromatic nitrogens is 2. The minimum atomic E-state index is -3.37. The molecule has 1 amide bonds. The lowest BCUT2D eigenvalue weighted by Crippen LogP contribution is -2.37. The molecule has 9 nitrogen and oxygen atoms in total. The molecule has 3 aromatic rings. The summed E-state index contributed by atoms with van der Waals surface area (Å²) < 4.78 is 30.2. The van der Waals surface area contributed by atoms with E-state index in [1.54, 1.807) is 24.3 Å². The van der Waals surface area contributed by atoms with Gasteiger partial charge in [0, 0.05) is 24.2 Å². The summed E-state index contributed by atoms with van der Waals surface area (Å²) >= 11 is 0. The normalized spacial score (nSPS) is 15.3. The monoisotopic (exact) mass is 483 g/mol. The van der Waals surface area contributed by atoms with Gasteiger partial charge in [0.1, 0.15) is 0 Å². The molecule has 1 N–H and O–H groups in total. The molecule has 2 heterocycles. The maximum Gasteiger partial charge on any atom is 0.241 e. The van der Waals surface area contributed by atoms with Gasteiger partial charge in [-0.15, -0.1) is 0 Å². The van der Waals surface area contributed by atoms with Crippen LogP contribution in [0.1, 0.15) is 24.3 Å². The first-order chi connectivity index (χ1) is 16.2. The molecule has 1 aliphatic rings. The molecule has 0 aliphatic carbocycles. The Kier molecular flexibility index (Phi) is 6.99. The standard InChI is InChI=1S/C24H29N5O4S/c1-17-6-4-7-19(14-17)23-26-22(33-27-23)16-29-12-10-18(11-13-29)24(30)25-20-8-5-9-21(15-20)28(2)34(3,31)32/h4-9,14-15,18H,10-13,16H2,1-3H3,(H,25,30). The molecule has 0 radical (unpaired) electrons. The number of piperidine rings is 1. The van der Waals surface area contributed by atoms with Crippen LogP contribution in [0.4, 0.5) is 11.4 Å². The quantitative estimate of drug-likeness (QED) is 0.549. The summed E-state index contributed by atoms with van der Waals surface area (Å²) in [6.45, 7) is 4.07. The maximum atomic E-state index is 12.8. The topological polar surface area (TPSA) is 109 Å². The first-order valence-corrected chi connectivity index (χ1v) is 13.0. The van der Waals surface area contributed by atoms with E-state index in [2.05, 4.69) is 20.4 Å². The van der Waals surface area contributed by atoms with E-state index in [9.17, 15) is 13.2 Å². The summed E-state index contributed by atoms with van der Waals surface area (Å²) in [7, 11) is -1.89. The molecule has 1 aromatic heterocycles. The molecular weight excluding hydrogens is 454 g/mol. The number of nitrogens with zero attached hydrogens (tertiary/aromatic N) is 4. The third kappa shape index (κ3) is 5.81. The van der Waals surface area contributed by atoms with E-state index in [0.717, 1.165) is 30.5 Å². The fourth-order valence-electron chi connectivity index (χ4n) is 3.98. The molecule has 0 bridgehead atoms. The number of amides is 1. The molecule has 2 aromatic carbocycles. The molecule has 180 valence electrons. The van der Waals surface area contributed by atoms with E-state index < -0.39 is 10.0 Å². The van der Waals surface area contributed by atoms with E-state index in [1.165, 1.54) is 11.4 Å². The zero-order valence-corrected chi connectivity index (χ0v) is 20.4. The number of carbonyl (C=O) groups excluding carboxylic acids is 1. The lowest BCUT2D eigenvalue weighted by molar-refractivity contribution is -0.121. The van der Waals surface area contributed by atoms with Gasteiger partial charge in [-0.3, -0.25) is 14.0 Å². The zero-order chi connectivity index (χ0) is 24.3. The molecule has 34 heavy (non-hydrogen) atoms. The lowest BCUT2D eigenvalue weighted by Gasteiger charge is -2.30. The second kappa shape index (κ2) is 9.94. The minimum Gasteiger partial charge on any atom is -0.338 e. The third-order valence-electron chi connectivity index (χ3n) is 6.04. The number of nitrogens with one attached hydrogen (secondary N) is 1. The van der Waals surface area contributed by atoms with Gasteiger partial charge in [0.25, 0.3) is 0 Å². The molecule has 0 spiro atoms. The summed E-state index contributed by atoms with van der Waals surface area (Å²) in [6.07, 6.45) is 2.57. The van der Waals surface area contributed by atoms with Crippen molar-refractivity contribution in [3.8, 4) is 11.4 Å². The van der Waals surface area contributed by atoms with Gasteiger partial charge in [-0.25, -0.2) is 8.42 Å². The van der Waals surface area contributed by atoms with Crippen molar-refractivity contribution in [1.29, 1.82) is 0 Å². The molecule has 10 heteroatoms. The van der Waals surface area contributed by atoms with E-state index in [1.807, 2.05) is 31.2 Å². The fraction of sp³-hybridized carbons (Fsp3) is 0.375. The summed E-state index contributed by atoms with van der Waals surface area (Å²) in [6, 6.07) is 14.8. The van der Waals surface area contributed by atoms with Crippen LogP contribution in [0.2, 0.25) is 0 Å². The number of aryl methyl sites for hydroxylation is 1. The van der Waals surface area contributed by atoms with Crippen LogP contribution in [0.15, 0.2) is 53.1 Å². The van der Waals surface area contributed by atoms with Gasteiger partial charge in [0.05, 0.1) is 18.5 Å². The Morgan fingerprint density at radius 3 is 2.62 bits per heavy atom. The summed E-state index contributed by atoms with van der Waals surface area (Å²) in [5, 5.41) is 7.03. The van der Waals surface area contributed by atoms with Gasteiger partial charge in [-0.2, -0.15) is 4.98 Å². The number of hydrogen-bond donors (Lipinski definition) is 1. The van der Waals surface area contributed by atoms with Gasteiger partial charge in [0.15, 0.2) is 0 Å². The molecule has 0 atom stereocenters. The largest absolute Gasteiger partial charge is 0.338 e. The van der Waals surface area contributed by atoms with Crippen LogP contribution in [0.3, 0.4) is 0 Å². The fourth-order valence-corrected chi connectivity index (χ4v) is 4.48. The zero-order valence-electron chi connectivity index (χ0n) is 19.6. The minimum absolute atomic E-state index is 0.0571. The first-order valence-electron chi connectivity index (χ1n) is 11.2. The van der Waals surface area contributed by atoms with Crippen LogP contribution in [0, 0.1) is 12.8 Å². The van der Waals surface area contributed by atoms with Gasteiger partial charge in [-0.05, 0) is 57.1 Å². The van der Waals surface area contributed by atoms with Crippen molar-refractivity contribution in [2.24, 2.45) is 5.92 Å². The molecule has 1 aliphatic heterocycles. The van der Waals surface area contributed by atoms with Crippen molar-refractivity contribution in [3.05, 3.63) is 60.0 Å². The number of sulfonamides is 1. The highest BCUT2D eigenvalue weighted by molar-refractivity contribution is 7.92. The Balaban J connectivity index is 1.30. The molecule has 4 rings (SSSR count). The number of rotatable bonds is 7. The maximum absolute atomic E-state index is 12.8. The first kappa shape index (κ1) is 23.9. The number of hydrogen-bond acceptors (Lipinski definition) is 7. The van der Waals surface area contributed by atoms with Crippen LogP contribution >= 0.6 is 0 Å². The summed E-state index contributed by atoms with van der Waals surface area (Å²) in [4.78, 5) is 19.5. The van der Waals surface area contributed by atoms with Crippen molar-refractivity contribution in [2.45, 2.75) is 26.3 Å². The highest BCUT2D eigenvalue weighted by atomic mass is 32.2. The highest BCUT2D eigenvalue weighted by Crippen LogP contribution is 2.24. The lowest BCUT2D eigenvalue weighted by atomic mass is 9.96. The van der Waals surface area contributed by atoms with E-state index in [0.29, 0.717) is 42.5 Å². The molecule has 1 fully saturated rings. The summed E-state index contributed by atoms with van der Waals surface area (Å²) in [5.41, 5.74) is 3.14. The average Bonchev–Trinajstić information content (AvgIpc) is 3.27. The Hall–Kier alpha value is -3.24. The van der Waals surface area contributed by atoms with Crippen LogP contribution in [-0.2, 0) is 21.4 Å². The molecule has 0 saturated carbocycles. The average molecular weight is 484 g/mol.